The summed E-state index contributed by atoms with van der Waals surface area (Å²) in [7, 11) is 1.86. The maximum Gasteiger partial charge on any atom is 0.331 e. The van der Waals surface area contributed by atoms with Gasteiger partial charge in [-0.1, -0.05) is 0 Å². The lowest BCUT2D eigenvalue weighted by Crippen LogP contribution is -2.18. The highest BCUT2D eigenvalue weighted by atomic mass is 32.1. The third kappa shape index (κ3) is 3.40. The molecular formula is C20H22N4O3S. The first-order chi connectivity index (χ1) is 13.4. The molecule has 0 N–H and O–H groups in total. The fraction of sp³-hybridized carbons (Fsp3) is 0.400. The first kappa shape index (κ1) is 18.6. The zero-order valence-corrected chi connectivity index (χ0v) is 17.0. The molecule has 8 heteroatoms. The van der Waals surface area contributed by atoms with E-state index < -0.39 is 5.97 Å². The number of thiazole rings is 1. The van der Waals surface area contributed by atoms with Crippen LogP contribution in [0.2, 0.25) is 0 Å². The first-order valence-electron chi connectivity index (χ1n) is 9.32. The molecule has 7 nitrogen and oxygen atoms in total. The van der Waals surface area contributed by atoms with Crippen molar-refractivity contribution in [3.8, 4) is 0 Å². The average Bonchev–Trinajstić information content (AvgIpc) is 3.15. The topological polar surface area (TPSA) is 78.5 Å². The van der Waals surface area contributed by atoms with Crippen LogP contribution in [0.4, 0.5) is 0 Å². The van der Waals surface area contributed by atoms with E-state index in [9.17, 15) is 9.59 Å². The third-order valence-electron chi connectivity index (χ3n) is 5.13. The molecule has 0 aliphatic heterocycles. The molecule has 1 aliphatic carbocycles. The van der Waals surface area contributed by atoms with Crippen molar-refractivity contribution in [3.63, 3.8) is 0 Å². The summed E-state index contributed by atoms with van der Waals surface area (Å²) in [6.45, 7) is 3.81. The maximum atomic E-state index is 12.5. The fourth-order valence-corrected chi connectivity index (χ4v) is 4.82. The molecule has 4 rings (SSSR count). The highest BCUT2D eigenvalue weighted by Gasteiger charge is 2.18. The Morgan fingerprint density at radius 3 is 2.86 bits per heavy atom. The van der Waals surface area contributed by atoms with Gasteiger partial charge in [0.2, 0.25) is 0 Å². The van der Waals surface area contributed by atoms with E-state index >= 15 is 0 Å². The second-order valence-electron chi connectivity index (χ2n) is 7.03. The van der Waals surface area contributed by atoms with Crippen molar-refractivity contribution in [3.05, 3.63) is 55.7 Å². The van der Waals surface area contributed by atoms with E-state index in [4.69, 9.17) is 4.74 Å². The minimum absolute atomic E-state index is 0.0253. The number of aromatic nitrogens is 4. The number of hydrogen-bond donors (Lipinski definition) is 0. The summed E-state index contributed by atoms with van der Waals surface area (Å²) in [5, 5.41) is 4.32. The highest BCUT2D eigenvalue weighted by Crippen LogP contribution is 2.28. The van der Waals surface area contributed by atoms with Gasteiger partial charge in [-0.25, -0.2) is 9.78 Å². The normalized spacial score (nSPS) is 14.0. The zero-order valence-electron chi connectivity index (χ0n) is 16.2. The Hall–Kier alpha value is -2.74. The van der Waals surface area contributed by atoms with E-state index in [1.54, 1.807) is 26.5 Å². The molecule has 3 heterocycles. The van der Waals surface area contributed by atoms with Crippen LogP contribution < -0.4 is 5.56 Å². The number of carbonyl (C=O) groups is 1. The number of esters is 1. The molecule has 146 valence electrons. The molecule has 0 radical (unpaired) electrons. The average molecular weight is 398 g/mol. The van der Waals surface area contributed by atoms with Gasteiger partial charge in [0.25, 0.3) is 5.56 Å². The van der Waals surface area contributed by atoms with Gasteiger partial charge in [-0.15, -0.1) is 11.3 Å². The second-order valence-corrected chi connectivity index (χ2v) is 8.09. The molecule has 3 aromatic heterocycles. The van der Waals surface area contributed by atoms with Crippen LogP contribution in [0.3, 0.4) is 0 Å². The van der Waals surface area contributed by atoms with Crippen LogP contribution in [0.15, 0.2) is 16.9 Å². The van der Waals surface area contributed by atoms with Crippen molar-refractivity contribution in [2.24, 2.45) is 7.05 Å². The Balaban J connectivity index is 1.49. The molecule has 0 amide bonds. The molecule has 28 heavy (non-hydrogen) atoms. The van der Waals surface area contributed by atoms with E-state index in [2.05, 4.69) is 10.1 Å². The standard InChI is InChI=1S/C20H22N4O3S/c1-12-15(13(2)23(3)22-12)8-9-19(26)27-11-14-10-18(25)24-16-6-4-5-7-17(16)28-20(24)21-14/h8-10H,4-7,11H2,1-3H3/b9-8+. The summed E-state index contributed by atoms with van der Waals surface area (Å²) in [5.41, 5.74) is 4.19. The fourth-order valence-electron chi connectivity index (χ4n) is 3.59. The van der Waals surface area contributed by atoms with Crippen molar-refractivity contribution >= 4 is 28.3 Å². The van der Waals surface area contributed by atoms with Crippen LogP contribution in [0, 0.1) is 13.8 Å². The molecule has 0 saturated heterocycles. The van der Waals surface area contributed by atoms with Crippen molar-refractivity contribution in [1.29, 1.82) is 0 Å². The number of ether oxygens (including phenoxy) is 1. The predicted octanol–water partition coefficient (Wildman–Crippen LogP) is 2.74. The van der Waals surface area contributed by atoms with Crippen LogP contribution in [-0.2, 0) is 36.0 Å². The van der Waals surface area contributed by atoms with Gasteiger partial charge in [0.05, 0.1) is 11.4 Å². The van der Waals surface area contributed by atoms with E-state index in [1.165, 1.54) is 17.0 Å². The van der Waals surface area contributed by atoms with Crippen LogP contribution in [0.25, 0.3) is 11.0 Å². The van der Waals surface area contributed by atoms with Crippen molar-refractivity contribution in [2.75, 3.05) is 0 Å². The Morgan fingerprint density at radius 2 is 2.11 bits per heavy atom. The Morgan fingerprint density at radius 1 is 1.32 bits per heavy atom. The molecular weight excluding hydrogens is 376 g/mol. The number of fused-ring (bicyclic) bond motifs is 3. The lowest BCUT2D eigenvalue weighted by Gasteiger charge is -2.10. The van der Waals surface area contributed by atoms with Gasteiger partial charge in [0.15, 0.2) is 4.96 Å². The number of hydrogen-bond acceptors (Lipinski definition) is 6. The predicted molar refractivity (Wildman–Crippen MR) is 107 cm³/mol. The number of rotatable bonds is 4. The lowest BCUT2D eigenvalue weighted by atomic mass is 10.0. The lowest BCUT2D eigenvalue weighted by molar-refractivity contribution is -0.139. The Bertz CT molecular complexity index is 1150. The summed E-state index contributed by atoms with van der Waals surface area (Å²) < 4.78 is 8.76. The van der Waals surface area contributed by atoms with Crippen LogP contribution >= 0.6 is 11.3 Å². The molecule has 0 fully saturated rings. The Kier molecular flexibility index (Phi) is 4.89. The monoisotopic (exact) mass is 398 g/mol. The van der Waals surface area contributed by atoms with Gasteiger partial charge in [-0.05, 0) is 45.6 Å². The largest absolute Gasteiger partial charge is 0.456 e. The van der Waals surface area contributed by atoms with Crippen molar-refractivity contribution < 1.29 is 9.53 Å². The summed E-state index contributed by atoms with van der Waals surface area (Å²) in [6.07, 6.45) is 7.27. The van der Waals surface area contributed by atoms with Gasteiger partial charge in [0.1, 0.15) is 6.61 Å². The first-order valence-corrected chi connectivity index (χ1v) is 10.1. The maximum absolute atomic E-state index is 12.5. The summed E-state index contributed by atoms with van der Waals surface area (Å²) in [4.78, 5) is 31.1. The summed E-state index contributed by atoms with van der Waals surface area (Å²) >= 11 is 1.56. The number of nitrogens with zero attached hydrogens (tertiary/aromatic N) is 4. The second kappa shape index (κ2) is 7.35. The van der Waals surface area contributed by atoms with Gasteiger partial charge in [0, 0.05) is 41.0 Å². The molecule has 1 aliphatic rings. The van der Waals surface area contributed by atoms with E-state index in [1.807, 2.05) is 20.9 Å². The zero-order chi connectivity index (χ0) is 19.8. The minimum Gasteiger partial charge on any atom is -0.456 e. The summed E-state index contributed by atoms with van der Waals surface area (Å²) in [5.74, 6) is -0.477. The molecule has 0 aromatic carbocycles. The quantitative estimate of drug-likeness (QED) is 0.499. The molecule has 0 atom stereocenters. The Labute approximate surface area is 166 Å². The smallest absolute Gasteiger partial charge is 0.331 e. The molecule has 0 saturated carbocycles. The van der Waals surface area contributed by atoms with Crippen molar-refractivity contribution in [2.45, 2.75) is 46.1 Å². The minimum atomic E-state index is -0.477. The van der Waals surface area contributed by atoms with Crippen LogP contribution in [-0.4, -0.2) is 25.1 Å². The van der Waals surface area contributed by atoms with E-state index in [0.717, 1.165) is 48.3 Å². The summed E-state index contributed by atoms with van der Waals surface area (Å²) in [6, 6.07) is 1.46. The van der Waals surface area contributed by atoms with Gasteiger partial charge in [-0.3, -0.25) is 13.9 Å². The van der Waals surface area contributed by atoms with Crippen molar-refractivity contribution in [1.82, 2.24) is 19.2 Å². The van der Waals surface area contributed by atoms with E-state index in [-0.39, 0.29) is 12.2 Å². The van der Waals surface area contributed by atoms with E-state index in [0.29, 0.717) is 10.7 Å². The van der Waals surface area contributed by atoms with Gasteiger partial charge < -0.3 is 4.74 Å². The third-order valence-corrected chi connectivity index (χ3v) is 6.27. The van der Waals surface area contributed by atoms with Crippen LogP contribution in [0.1, 0.15) is 46.1 Å². The number of carbonyl (C=O) groups excluding carboxylic acids is 1. The molecule has 0 unspecified atom stereocenters. The van der Waals surface area contributed by atoms with Gasteiger partial charge in [-0.2, -0.15) is 5.10 Å². The molecule has 3 aromatic rings. The SMILES string of the molecule is Cc1nn(C)c(C)c1/C=C/C(=O)OCc1cc(=O)n2c3c(sc2n1)CCCC3. The van der Waals surface area contributed by atoms with Crippen LogP contribution in [0.5, 0.6) is 0 Å². The van der Waals surface area contributed by atoms with Gasteiger partial charge >= 0.3 is 5.97 Å². The number of aryl methyl sites for hydroxylation is 4. The molecule has 0 spiro atoms. The molecule has 0 bridgehead atoms. The highest BCUT2D eigenvalue weighted by molar-refractivity contribution is 7.17.